The van der Waals surface area contributed by atoms with Crippen molar-refractivity contribution in [2.24, 2.45) is 0 Å². The maximum absolute atomic E-state index is 12.6. The van der Waals surface area contributed by atoms with Crippen molar-refractivity contribution in [1.29, 1.82) is 0 Å². The van der Waals surface area contributed by atoms with Gasteiger partial charge in [-0.25, -0.2) is 0 Å². The molecule has 0 N–H and O–H groups in total. The molecular weight excluding hydrogens is 362 g/mol. The first-order valence-corrected chi connectivity index (χ1v) is 9.60. The van der Waals surface area contributed by atoms with Crippen LogP contribution in [0.4, 0.5) is 4.79 Å². The van der Waals surface area contributed by atoms with Gasteiger partial charge in [0.1, 0.15) is 6.61 Å². The highest BCUT2D eigenvalue weighted by Gasteiger charge is 2.37. The number of benzene rings is 1. The van der Waals surface area contributed by atoms with Gasteiger partial charge in [-0.15, -0.1) is 6.58 Å². The van der Waals surface area contributed by atoms with Crippen LogP contribution in [0.5, 0.6) is 11.5 Å². The molecule has 6 heteroatoms. The number of carbonyl (C=O) groups excluding carboxylic acids is 2. The van der Waals surface area contributed by atoms with E-state index in [2.05, 4.69) is 13.2 Å². The summed E-state index contributed by atoms with van der Waals surface area (Å²) in [6, 6.07) is 3.59. The lowest BCUT2D eigenvalue weighted by Gasteiger charge is -2.19. The minimum Gasteiger partial charge on any atom is -0.493 e. The Morgan fingerprint density at radius 1 is 1.26 bits per heavy atom. The second-order valence-electron chi connectivity index (χ2n) is 6.11. The van der Waals surface area contributed by atoms with E-state index >= 15 is 0 Å². The van der Waals surface area contributed by atoms with Crippen LogP contribution >= 0.6 is 11.8 Å². The highest BCUT2D eigenvalue weighted by molar-refractivity contribution is 8.18. The van der Waals surface area contributed by atoms with Gasteiger partial charge in [-0.1, -0.05) is 25.7 Å². The van der Waals surface area contributed by atoms with E-state index in [1.807, 2.05) is 19.9 Å². The molecule has 1 saturated heterocycles. The van der Waals surface area contributed by atoms with Crippen LogP contribution < -0.4 is 9.47 Å². The van der Waals surface area contributed by atoms with Gasteiger partial charge in [-0.05, 0) is 55.3 Å². The van der Waals surface area contributed by atoms with Gasteiger partial charge in [0.25, 0.3) is 11.1 Å². The van der Waals surface area contributed by atoms with Gasteiger partial charge < -0.3 is 9.47 Å². The van der Waals surface area contributed by atoms with E-state index in [0.29, 0.717) is 29.4 Å². The summed E-state index contributed by atoms with van der Waals surface area (Å²) in [6.07, 6.45) is 6.46. The fourth-order valence-electron chi connectivity index (χ4n) is 2.73. The molecule has 1 aliphatic heterocycles. The number of nitrogens with zero attached hydrogens (tertiary/aromatic N) is 1. The third-order valence-electron chi connectivity index (χ3n) is 4.24. The number of ether oxygens (including phenoxy) is 2. The predicted molar refractivity (Wildman–Crippen MR) is 110 cm³/mol. The van der Waals surface area contributed by atoms with Gasteiger partial charge >= 0.3 is 0 Å². The lowest BCUT2D eigenvalue weighted by Crippen LogP contribution is -2.36. The van der Waals surface area contributed by atoms with Crippen LogP contribution in [-0.2, 0) is 11.2 Å². The van der Waals surface area contributed by atoms with E-state index in [1.165, 1.54) is 4.90 Å². The molecule has 0 saturated carbocycles. The Morgan fingerprint density at radius 3 is 2.59 bits per heavy atom. The number of carbonyl (C=O) groups is 2. The Balaban J connectivity index is 2.43. The number of hydrogen-bond acceptors (Lipinski definition) is 5. The fraction of sp³-hybridized carbons (Fsp3) is 0.333. The number of rotatable bonds is 9. The summed E-state index contributed by atoms with van der Waals surface area (Å²) in [7, 11) is 1.56. The zero-order chi connectivity index (χ0) is 20.0. The molecule has 0 radical (unpaired) electrons. The summed E-state index contributed by atoms with van der Waals surface area (Å²) < 4.78 is 11.2. The van der Waals surface area contributed by atoms with E-state index < -0.39 is 0 Å². The largest absolute Gasteiger partial charge is 0.493 e. The van der Waals surface area contributed by atoms with Crippen molar-refractivity contribution < 1.29 is 19.1 Å². The van der Waals surface area contributed by atoms with Crippen molar-refractivity contribution in [3.05, 3.63) is 53.5 Å². The monoisotopic (exact) mass is 387 g/mol. The summed E-state index contributed by atoms with van der Waals surface area (Å²) in [5.74, 6) is 0.932. The van der Waals surface area contributed by atoms with Crippen molar-refractivity contribution >= 4 is 29.0 Å². The Morgan fingerprint density at radius 2 is 2.00 bits per heavy atom. The lowest BCUT2D eigenvalue weighted by molar-refractivity contribution is -0.124. The number of methoxy groups -OCH3 is 1. The molecule has 0 bridgehead atoms. The quantitative estimate of drug-likeness (QED) is 0.449. The molecule has 0 unspecified atom stereocenters. The molecule has 0 spiro atoms. The Labute approximate surface area is 164 Å². The standard InChI is InChI=1S/C21H25NO4S/c1-6-9-16-11-15(12-17(25-5)19(16)26-10-7-2)13-18-20(23)22(14(4)8-3)21(24)27-18/h6-7,11-14H,1-2,8-10H2,3-5H3/b18-13+/t14-/m1/s1. The van der Waals surface area contributed by atoms with Crippen LogP contribution in [0.2, 0.25) is 0 Å². The molecule has 1 aromatic rings. The van der Waals surface area contributed by atoms with Gasteiger partial charge in [0.2, 0.25) is 0 Å². The molecule has 5 nitrogen and oxygen atoms in total. The van der Waals surface area contributed by atoms with E-state index in [0.717, 1.165) is 29.3 Å². The Bertz CT molecular complexity index is 785. The Kier molecular flexibility index (Phi) is 7.30. The molecule has 2 amide bonds. The molecule has 0 aromatic heterocycles. The molecule has 144 valence electrons. The second-order valence-corrected chi connectivity index (χ2v) is 7.11. The van der Waals surface area contributed by atoms with Crippen LogP contribution in [-0.4, -0.2) is 35.8 Å². The summed E-state index contributed by atoms with van der Waals surface area (Å²) >= 11 is 0.964. The molecular formula is C21H25NO4S. The Hall–Kier alpha value is -2.47. The van der Waals surface area contributed by atoms with Gasteiger partial charge in [-0.2, -0.15) is 0 Å². The van der Waals surface area contributed by atoms with Gasteiger partial charge in [0.05, 0.1) is 12.0 Å². The van der Waals surface area contributed by atoms with Crippen LogP contribution in [0.3, 0.4) is 0 Å². The van der Waals surface area contributed by atoms with Crippen LogP contribution in [0.15, 0.2) is 42.3 Å². The number of amides is 2. The van der Waals surface area contributed by atoms with Gasteiger partial charge in [-0.3, -0.25) is 14.5 Å². The van der Waals surface area contributed by atoms with Crippen molar-refractivity contribution in [3.8, 4) is 11.5 Å². The SMILES string of the molecule is C=CCOc1c(CC=C)cc(/C=C2/SC(=O)N([C@H](C)CC)C2=O)cc1OC. The summed E-state index contributed by atoms with van der Waals surface area (Å²) in [4.78, 5) is 26.6. The van der Waals surface area contributed by atoms with Crippen molar-refractivity contribution in [3.63, 3.8) is 0 Å². The zero-order valence-electron chi connectivity index (χ0n) is 16.0. The summed E-state index contributed by atoms with van der Waals surface area (Å²) in [5.41, 5.74) is 1.66. The average Bonchev–Trinajstić information content (AvgIpc) is 2.93. The van der Waals surface area contributed by atoms with E-state index in [4.69, 9.17) is 9.47 Å². The molecule has 0 aliphatic carbocycles. The third kappa shape index (κ3) is 4.63. The minimum atomic E-state index is -0.254. The summed E-state index contributed by atoms with van der Waals surface area (Å²) in [6.45, 7) is 11.6. The number of thioether (sulfide) groups is 1. The van der Waals surface area contributed by atoms with Crippen molar-refractivity contribution in [2.45, 2.75) is 32.7 Å². The zero-order valence-corrected chi connectivity index (χ0v) is 16.8. The number of hydrogen-bond donors (Lipinski definition) is 0. The van der Waals surface area contributed by atoms with Crippen molar-refractivity contribution in [1.82, 2.24) is 4.90 Å². The minimum absolute atomic E-state index is 0.121. The molecule has 2 rings (SSSR count). The highest BCUT2D eigenvalue weighted by atomic mass is 32.2. The first-order chi connectivity index (χ1) is 13.0. The fourth-order valence-corrected chi connectivity index (χ4v) is 3.66. The normalized spacial score (nSPS) is 16.6. The first-order valence-electron chi connectivity index (χ1n) is 8.79. The smallest absolute Gasteiger partial charge is 0.293 e. The lowest BCUT2D eigenvalue weighted by atomic mass is 10.0. The van der Waals surface area contributed by atoms with E-state index in [-0.39, 0.29) is 17.2 Å². The topological polar surface area (TPSA) is 55.8 Å². The molecule has 1 aromatic carbocycles. The van der Waals surface area contributed by atoms with E-state index in [9.17, 15) is 9.59 Å². The first kappa shape index (κ1) is 20.8. The van der Waals surface area contributed by atoms with Crippen LogP contribution in [0, 0.1) is 0 Å². The highest BCUT2D eigenvalue weighted by Crippen LogP contribution is 2.37. The average molecular weight is 388 g/mol. The predicted octanol–water partition coefficient (Wildman–Crippen LogP) is 4.82. The van der Waals surface area contributed by atoms with Crippen LogP contribution in [0.25, 0.3) is 6.08 Å². The van der Waals surface area contributed by atoms with E-state index in [1.54, 1.807) is 31.4 Å². The third-order valence-corrected chi connectivity index (χ3v) is 5.12. The molecule has 27 heavy (non-hydrogen) atoms. The number of allylic oxidation sites excluding steroid dienone is 1. The van der Waals surface area contributed by atoms with Crippen molar-refractivity contribution in [2.75, 3.05) is 13.7 Å². The molecule has 1 heterocycles. The molecule has 1 atom stereocenters. The number of imide groups is 1. The van der Waals surface area contributed by atoms with Gasteiger partial charge in [0.15, 0.2) is 11.5 Å². The molecule has 1 aliphatic rings. The maximum Gasteiger partial charge on any atom is 0.293 e. The maximum atomic E-state index is 12.6. The second kappa shape index (κ2) is 9.46. The van der Waals surface area contributed by atoms with Gasteiger partial charge in [0, 0.05) is 11.6 Å². The summed E-state index contributed by atoms with van der Waals surface area (Å²) in [5, 5.41) is -0.232. The van der Waals surface area contributed by atoms with Crippen LogP contribution in [0.1, 0.15) is 31.4 Å². The molecule has 1 fully saturated rings.